The molecule has 2 heterocycles. The van der Waals surface area contributed by atoms with Gasteiger partial charge in [0.15, 0.2) is 11.5 Å². The summed E-state index contributed by atoms with van der Waals surface area (Å²) in [5.41, 5.74) is 1.91. The molecule has 0 aliphatic carbocycles. The second-order valence-corrected chi connectivity index (χ2v) is 5.72. The van der Waals surface area contributed by atoms with E-state index in [1.54, 1.807) is 25.1 Å². The molecule has 6 nitrogen and oxygen atoms in total. The maximum absolute atomic E-state index is 13.2. The maximum Gasteiger partial charge on any atom is 0.224 e. The molecule has 0 saturated heterocycles. The molecule has 0 radical (unpaired) electrons. The Morgan fingerprint density at radius 2 is 2.21 bits per heavy atom. The Labute approximate surface area is 138 Å². The lowest BCUT2D eigenvalue weighted by Crippen LogP contribution is -2.35. The van der Waals surface area contributed by atoms with Gasteiger partial charge in [-0.3, -0.25) is 9.59 Å². The second-order valence-electron chi connectivity index (χ2n) is 5.72. The van der Waals surface area contributed by atoms with Gasteiger partial charge in [0.05, 0.1) is 6.54 Å². The molecule has 0 fully saturated rings. The van der Waals surface area contributed by atoms with Crippen LogP contribution in [0.5, 0.6) is 0 Å². The van der Waals surface area contributed by atoms with E-state index in [1.807, 2.05) is 0 Å². The van der Waals surface area contributed by atoms with Crippen molar-refractivity contribution in [3.8, 4) is 0 Å². The highest BCUT2D eigenvalue weighted by molar-refractivity contribution is 5.94. The number of carbonyl (C=O) groups is 2. The summed E-state index contributed by atoms with van der Waals surface area (Å²) in [4.78, 5) is 29.6. The molecular formula is C17H18FN3O3. The van der Waals surface area contributed by atoms with E-state index < -0.39 is 0 Å². The van der Waals surface area contributed by atoms with Crippen LogP contribution in [0.15, 0.2) is 34.5 Å². The topological polar surface area (TPSA) is 75.4 Å². The van der Waals surface area contributed by atoms with Crippen LogP contribution in [0.3, 0.4) is 0 Å². The van der Waals surface area contributed by atoms with Crippen LogP contribution in [0.2, 0.25) is 0 Å². The van der Waals surface area contributed by atoms with E-state index in [0.29, 0.717) is 35.6 Å². The fourth-order valence-corrected chi connectivity index (χ4v) is 2.64. The third-order valence-electron chi connectivity index (χ3n) is 3.80. The number of hydrogen-bond donors (Lipinski definition) is 1. The molecule has 3 rings (SSSR count). The highest BCUT2D eigenvalue weighted by Gasteiger charge is 2.19. The highest BCUT2D eigenvalue weighted by atomic mass is 19.1. The molecule has 1 aromatic heterocycles. The van der Waals surface area contributed by atoms with Crippen molar-refractivity contribution in [1.82, 2.24) is 9.88 Å². The summed E-state index contributed by atoms with van der Waals surface area (Å²) in [7, 11) is 0. The molecule has 1 N–H and O–H groups in total. The standard InChI is InChI=1S/C17H18FN3O3/c1-11-19-14-9-13(4-5-15(14)24-11)20-16(22)6-7-17(23)21-8-2-3-12(18)10-21/h3-5,9H,2,6-8,10H2,1H3,(H,20,22). The Morgan fingerprint density at radius 1 is 1.38 bits per heavy atom. The number of benzene rings is 1. The van der Waals surface area contributed by atoms with Crippen molar-refractivity contribution in [3.63, 3.8) is 0 Å². The predicted molar refractivity (Wildman–Crippen MR) is 87.0 cm³/mol. The number of anilines is 1. The van der Waals surface area contributed by atoms with E-state index in [2.05, 4.69) is 10.3 Å². The summed E-state index contributed by atoms with van der Waals surface area (Å²) < 4.78 is 18.6. The monoisotopic (exact) mass is 331 g/mol. The van der Waals surface area contributed by atoms with Crippen LogP contribution in [0.1, 0.15) is 25.2 Å². The first-order chi connectivity index (χ1) is 11.5. The molecule has 7 heteroatoms. The minimum atomic E-state index is -0.296. The summed E-state index contributed by atoms with van der Waals surface area (Å²) >= 11 is 0. The Kier molecular flexibility index (Phi) is 4.59. The average Bonchev–Trinajstić information content (AvgIpc) is 2.92. The fraction of sp³-hybridized carbons (Fsp3) is 0.353. The number of aromatic nitrogens is 1. The Morgan fingerprint density at radius 3 is 3.00 bits per heavy atom. The van der Waals surface area contributed by atoms with Gasteiger partial charge in [0.1, 0.15) is 11.3 Å². The van der Waals surface area contributed by atoms with Crippen molar-refractivity contribution in [2.24, 2.45) is 0 Å². The van der Waals surface area contributed by atoms with Gasteiger partial charge in [-0.15, -0.1) is 0 Å². The Hall–Kier alpha value is -2.70. The first-order valence-corrected chi connectivity index (χ1v) is 7.80. The van der Waals surface area contributed by atoms with Crippen molar-refractivity contribution >= 4 is 28.6 Å². The summed E-state index contributed by atoms with van der Waals surface area (Å²) in [6, 6.07) is 5.17. The number of fused-ring (bicyclic) bond motifs is 1. The molecule has 126 valence electrons. The zero-order chi connectivity index (χ0) is 17.1. The minimum Gasteiger partial charge on any atom is -0.441 e. The average molecular weight is 331 g/mol. The van der Waals surface area contributed by atoms with Crippen molar-refractivity contribution in [3.05, 3.63) is 36.0 Å². The summed E-state index contributed by atoms with van der Waals surface area (Å²) in [5, 5.41) is 2.73. The number of halogens is 1. The van der Waals surface area contributed by atoms with Gasteiger partial charge in [-0.2, -0.15) is 0 Å². The number of hydrogen-bond acceptors (Lipinski definition) is 4. The van der Waals surface area contributed by atoms with E-state index in [1.165, 1.54) is 11.0 Å². The Balaban J connectivity index is 1.53. The minimum absolute atomic E-state index is 0.00261. The number of nitrogens with one attached hydrogen (secondary N) is 1. The van der Waals surface area contributed by atoms with Gasteiger partial charge in [0.25, 0.3) is 0 Å². The number of aryl methyl sites for hydroxylation is 1. The number of oxazole rings is 1. The van der Waals surface area contributed by atoms with Crippen molar-refractivity contribution in [2.75, 3.05) is 18.4 Å². The largest absolute Gasteiger partial charge is 0.441 e. The second kappa shape index (κ2) is 6.82. The van der Waals surface area contributed by atoms with Gasteiger partial charge in [-0.1, -0.05) is 0 Å². The summed E-state index contributed by atoms with van der Waals surface area (Å²) in [6.45, 7) is 2.25. The molecule has 0 atom stereocenters. The van der Waals surface area contributed by atoms with Crippen molar-refractivity contribution < 1.29 is 18.4 Å². The number of nitrogens with zero attached hydrogens (tertiary/aromatic N) is 2. The zero-order valence-electron chi connectivity index (χ0n) is 13.3. The smallest absolute Gasteiger partial charge is 0.224 e. The first-order valence-electron chi connectivity index (χ1n) is 7.80. The van der Waals surface area contributed by atoms with Crippen LogP contribution in [-0.2, 0) is 9.59 Å². The lowest BCUT2D eigenvalue weighted by molar-refractivity contribution is -0.132. The Bertz CT molecular complexity index is 813. The first kappa shape index (κ1) is 16.2. The van der Waals surface area contributed by atoms with E-state index >= 15 is 0 Å². The molecule has 2 aromatic rings. The van der Waals surface area contributed by atoms with E-state index in [0.717, 1.165) is 0 Å². The van der Waals surface area contributed by atoms with E-state index in [9.17, 15) is 14.0 Å². The number of amides is 2. The third-order valence-corrected chi connectivity index (χ3v) is 3.80. The van der Waals surface area contributed by atoms with Crippen molar-refractivity contribution in [1.29, 1.82) is 0 Å². The van der Waals surface area contributed by atoms with Gasteiger partial charge in [0.2, 0.25) is 11.8 Å². The third kappa shape index (κ3) is 3.79. The summed E-state index contributed by atoms with van der Waals surface area (Å²) in [6.07, 6.45) is 2.11. The molecule has 0 saturated carbocycles. The van der Waals surface area contributed by atoms with Crippen molar-refractivity contribution in [2.45, 2.75) is 26.2 Å². The quantitative estimate of drug-likeness (QED) is 0.934. The van der Waals surface area contributed by atoms with E-state index in [-0.39, 0.29) is 37.0 Å². The van der Waals surface area contributed by atoms with Crippen LogP contribution in [0, 0.1) is 6.92 Å². The summed E-state index contributed by atoms with van der Waals surface area (Å²) in [5.74, 6) is -0.218. The fourth-order valence-electron chi connectivity index (χ4n) is 2.64. The van der Waals surface area contributed by atoms with Gasteiger partial charge in [-0.05, 0) is 30.7 Å². The molecule has 0 unspecified atom stereocenters. The molecule has 24 heavy (non-hydrogen) atoms. The van der Waals surface area contributed by atoms with Crippen LogP contribution in [-0.4, -0.2) is 34.8 Å². The zero-order valence-corrected chi connectivity index (χ0v) is 13.3. The molecule has 0 bridgehead atoms. The maximum atomic E-state index is 13.2. The lowest BCUT2D eigenvalue weighted by atomic mass is 10.2. The van der Waals surface area contributed by atoms with Gasteiger partial charge in [-0.25, -0.2) is 9.37 Å². The van der Waals surface area contributed by atoms with E-state index in [4.69, 9.17) is 4.42 Å². The molecule has 1 aromatic carbocycles. The van der Waals surface area contributed by atoms with Gasteiger partial charge in [0, 0.05) is 32.0 Å². The molecule has 0 spiro atoms. The highest BCUT2D eigenvalue weighted by Crippen LogP contribution is 2.20. The van der Waals surface area contributed by atoms with Gasteiger partial charge < -0.3 is 14.6 Å². The molecule has 1 aliphatic heterocycles. The van der Waals surface area contributed by atoms with Gasteiger partial charge >= 0.3 is 0 Å². The molecule has 1 aliphatic rings. The van der Waals surface area contributed by atoms with Crippen LogP contribution in [0.4, 0.5) is 10.1 Å². The SMILES string of the molecule is Cc1nc2cc(NC(=O)CCC(=O)N3CCC=C(F)C3)ccc2o1. The predicted octanol–water partition coefficient (Wildman–Crippen LogP) is 2.94. The van der Waals surface area contributed by atoms with Crippen LogP contribution >= 0.6 is 0 Å². The molecular weight excluding hydrogens is 313 g/mol. The lowest BCUT2D eigenvalue weighted by Gasteiger charge is -2.24. The van der Waals surface area contributed by atoms with Crippen LogP contribution < -0.4 is 5.32 Å². The normalized spacial score (nSPS) is 14.6. The molecule has 2 amide bonds. The number of rotatable bonds is 4. The van der Waals surface area contributed by atoms with Crippen LogP contribution in [0.25, 0.3) is 11.1 Å². The number of carbonyl (C=O) groups excluding carboxylic acids is 2.